The van der Waals surface area contributed by atoms with Crippen LogP contribution in [0.25, 0.3) is 0 Å². The van der Waals surface area contributed by atoms with E-state index >= 15 is 0 Å². The topological polar surface area (TPSA) is 70.2 Å². The predicted molar refractivity (Wildman–Crippen MR) is 72.1 cm³/mol. The Kier molecular flexibility index (Phi) is 4.48. The van der Waals surface area contributed by atoms with Gasteiger partial charge in [-0.05, 0) is 25.9 Å². The number of hydrogen-bond donors (Lipinski definition) is 2. The van der Waals surface area contributed by atoms with Crippen LogP contribution in [0.15, 0.2) is 0 Å². The number of piperidine rings is 1. The third-order valence-corrected chi connectivity index (χ3v) is 4.06. The van der Waals surface area contributed by atoms with Crippen molar-refractivity contribution >= 4 is 22.4 Å². The lowest BCUT2D eigenvalue weighted by Gasteiger charge is -2.31. The molecular weight excluding hydrogens is 250 g/mol. The molecule has 1 aromatic heterocycles. The van der Waals surface area contributed by atoms with Crippen molar-refractivity contribution in [1.29, 1.82) is 0 Å². The lowest BCUT2D eigenvalue weighted by Crippen LogP contribution is -2.47. The Bertz CT molecular complexity index is 408. The fourth-order valence-corrected chi connectivity index (χ4v) is 2.72. The van der Waals surface area contributed by atoms with Crippen LogP contribution in [0.5, 0.6) is 0 Å². The molecule has 100 valence electrons. The molecule has 0 bridgehead atoms. The summed E-state index contributed by atoms with van der Waals surface area (Å²) >= 11 is 1.28. The van der Waals surface area contributed by atoms with Crippen LogP contribution in [0.3, 0.4) is 0 Å². The summed E-state index contributed by atoms with van der Waals surface area (Å²) in [5, 5.41) is 14.7. The van der Waals surface area contributed by atoms with Crippen molar-refractivity contribution in [2.75, 3.05) is 32.0 Å². The molecule has 0 aromatic carbocycles. The number of carbonyl (C=O) groups excluding carboxylic acids is 1. The minimum atomic E-state index is -0.114. The third-order valence-electron chi connectivity index (χ3n) is 3.12. The predicted octanol–water partition coefficient (Wildman–Crippen LogP) is 0.794. The van der Waals surface area contributed by atoms with Crippen molar-refractivity contribution in [3.05, 3.63) is 5.01 Å². The summed E-state index contributed by atoms with van der Waals surface area (Å²) in [7, 11) is 1.77. The standard InChI is InChI=1S/C11H19N5OS/c1-3-16-6-4-5-8(7-16)13-9(17)10-14-15-11(12-2)18-10/h8H,3-7H2,1-2H3,(H,12,15)(H,13,17). The highest BCUT2D eigenvalue weighted by Gasteiger charge is 2.22. The molecule has 0 radical (unpaired) electrons. The largest absolute Gasteiger partial charge is 0.363 e. The first kappa shape index (κ1) is 13.2. The summed E-state index contributed by atoms with van der Waals surface area (Å²) < 4.78 is 0. The number of aromatic nitrogens is 2. The molecule has 7 heteroatoms. The number of rotatable bonds is 4. The van der Waals surface area contributed by atoms with Crippen LogP contribution in [-0.4, -0.2) is 53.7 Å². The van der Waals surface area contributed by atoms with E-state index in [9.17, 15) is 4.79 Å². The van der Waals surface area contributed by atoms with Gasteiger partial charge in [-0.1, -0.05) is 18.3 Å². The highest BCUT2D eigenvalue weighted by Crippen LogP contribution is 2.15. The van der Waals surface area contributed by atoms with E-state index in [-0.39, 0.29) is 11.9 Å². The van der Waals surface area contributed by atoms with E-state index in [4.69, 9.17) is 0 Å². The second-order valence-corrected chi connectivity index (χ2v) is 5.35. The van der Waals surface area contributed by atoms with Gasteiger partial charge in [0.25, 0.3) is 5.91 Å². The van der Waals surface area contributed by atoms with Gasteiger partial charge >= 0.3 is 0 Å². The molecule has 0 saturated carbocycles. The van der Waals surface area contributed by atoms with Crippen molar-refractivity contribution in [3.63, 3.8) is 0 Å². The Morgan fingerprint density at radius 3 is 3.06 bits per heavy atom. The number of anilines is 1. The van der Waals surface area contributed by atoms with Gasteiger partial charge in [0, 0.05) is 19.6 Å². The molecule has 1 unspecified atom stereocenters. The van der Waals surface area contributed by atoms with Crippen LogP contribution in [0.4, 0.5) is 5.13 Å². The van der Waals surface area contributed by atoms with Crippen molar-refractivity contribution in [2.45, 2.75) is 25.8 Å². The molecule has 2 rings (SSSR count). The van der Waals surface area contributed by atoms with Gasteiger partial charge in [-0.2, -0.15) is 0 Å². The first-order valence-corrected chi connectivity index (χ1v) is 7.09. The maximum atomic E-state index is 12.0. The van der Waals surface area contributed by atoms with E-state index < -0.39 is 0 Å². The van der Waals surface area contributed by atoms with Crippen LogP contribution in [0.2, 0.25) is 0 Å². The number of carbonyl (C=O) groups is 1. The average molecular weight is 269 g/mol. The van der Waals surface area contributed by atoms with Crippen molar-refractivity contribution in [1.82, 2.24) is 20.4 Å². The van der Waals surface area contributed by atoms with Crippen LogP contribution in [0, 0.1) is 0 Å². The second kappa shape index (κ2) is 6.10. The fourth-order valence-electron chi connectivity index (χ4n) is 2.12. The zero-order valence-corrected chi connectivity index (χ0v) is 11.6. The summed E-state index contributed by atoms with van der Waals surface area (Å²) in [4.78, 5) is 14.3. The van der Waals surface area contributed by atoms with E-state index in [2.05, 4.69) is 32.7 Å². The fraction of sp³-hybridized carbons (Fsp3) is 0.727. The summed E-state index contributed by atoms with van der Waals surface area (Å²) in [6.07, 6.45) is 2.18. The molecule has 2 heterocycles. The second-order valence-electron chi connectivity index (χ2n) is 4.37. The summed E-state index contributed by atoms with van der Waals surface area (Å²) in [5.74, 6) is -0.114. The van der Waals surface area contributed by atoms with Gasteiger partial charge < -0.3 is 15.5 Å². The van der Waals surface area contributed by atoms with E-state index in [0.717, 1.165) is 32.5 Å². The molecule has 1 amide bonds. The summed E-state index contributed by atoms with van der Waals surface area (Å²) in [5.41, 5.74) is 0. The van der Waals surface area contributed by atoms with E-state index in [1.54, 1.807) is 7.05 Å². The molecule has 18 heavy (non-hydrogen) atoms. The molecule has 0 spiro atoms. The normalized spacial score (nSPS) is 20.7. The molecule has 1 saturated heterocycles. The van der Waals surface area contributed by atoms with Crippen LogP contribution in [-0.2, 0) is 0 Å². The molecule has 1 aliphatic heterocycles. The number of amides is 1. The van der Waals surface area contributed by atoms with E-state index in [1.807, 2.05) is 0 Å². The minimum Gasteiger partial charge on any atom is -0.363 e. The Labute approximate surface area is 111 Å². The average Bonchev–Trinajstić information content (AvgIpc) is 2.88. The molecule has 1 aliphatic rings. The number of likely N-dealkylation sites (N-methyl/N-ethyl adjacent to an activating group) is 1. The number of likely N-dealkylation sites (tertiary alicyclic amines) is 1. The van der Waals surface area contributed by atoms with Crippen molar-refractivity contribution in [3.8, 4) is 0 Å². The molecule has 2 N–H and O–H groups in total. The Hall–Kier alpha value is -1.21. The molecular formula is C11H19N5OS. The van der Waals surface area contributed by atoms with Gasteiger partial charge in [0.2, 0.25) is 10.1 Å². The maximum Gasteiger partial charge on any atom is 0.282 e. The van der Waals surface area contributed by atoms with E-state index in [1.165, 1.54) is 11.3 Å². The Balaban J connectivity index is 1.90. The number of hydrogen-bond acceptors (Lipinski definition) is 6. The third kappa shape index (κ3) is 3.17. The summed E-state index contributed by atoms with van der Waals surface area (Å²) in [6, 6.07) is 0.230. The molecule has 1 atom stereocenters. The maximum absolute atomic E-state index is 12.0. The first-order chi connectivity index (χ1) is 8.72. The molecule has 1 aromatic rings. The lowest BCUT2D eigenvalue weighted by atomic mass is 10.1. The van der Waals surface area contributed by atoms with Crippen LogP contribution >= 0.6 is 11.3 Å². The monoisotopic (exact) mass is 269 g/mol. The number of nitrogens with zero attached hydrogens (tertiary/aromatic N) is 3. The molecule has 0 aliphatic carbocycles. The van der Waals surface area contributed by atoms with Gasteiger partial charge in [0.1, 0.15) is 0 Å². The lowest BCUT2D eigenvalue weighted by molar-refractivity contribution is 0.0904. The van der Waals surface area contributed by atoms with Crippen LogP contribution < -0.4 is 10.6 Å². The SMILES string of the molecule is CCN1CCCC(NC(=O)c2nnc(NC)s2)C1. The van der Waals surface area contributed by atoms with Gasteiger partial charge in [-0.3, -0.25) is 4.79 Å². The van der Waals surface area contributed by atoms with Gasteiger partial charge in [-0.15, -0.1) is 10.2 Å². The quantitative estimate of drug-likeness (QED) is 0.846. The van der Waals surface area contributed by atoms with Gasteiger partial charge in [-0.25, -0.2) is 0 Å². The van der Waals surface area contributed by atoms with E-state index in [0.29, 0.717) is 10.1 Å². The zero-order chi connectivity index (χ0) is 13.0. The van der Waals surface area contributed by atoms with Crippen molar-refractivity contribution in [2.24, 2.45) is 0 Å². The van der Waals surface area contributed by atoms with Crippen LogP contribution in [0.1, 0.15) is 29.6 Å². The smallest absolute Gasteiger partial charge is 0.282 e. The Morgan fingerprint density at radius 2 is 2.39 bits per heavy atom. The first-order valence-electron chi connectivity index (χ1n) is 6.27. The highest BCUT2D eigenvalue weighted by atomic mass is 32.1. The number of nitrogens with one attached hydrogen (secondary N) is 2. The highest BCUT2D eigenvalue weighted by molar-refractivity contribution is 7.17. The molecule has 1 fully saturated rings. The van der Waals surface area contributed by atoms with Crippen molar-refractivity contribution < 1.29 is 4.79 Å². The minimum absolute atomic E-state index is 0.114. The zero-order valence-electron chi connectivity index (χ0n) is 10.8. The Morgan fingerprint density at radius 1 is 1.56 bits per heavy atom. The summed E-state index contributed by atoms with van der Waals surface area (Å²) in [6.45, 7) is 5.24. The van der Waals surface area contributed by atoms with Gasteiger partial charge in [0.05, 0.1) is 0 Å². The molecule has 6 nitrogen and oxygen atoms in total. The van der Waals surface area contributed by atoms with Gasteiger partial charge in [0.15, 0.2) is 0 Å².